The molecule has 2 heterocycles. The molecule has 32 heavy (non-hydrogen) atoms. The average Bonchev–Trinajstić information content (AvgIpc) is 3.45. The molecule has 1 saturated carbocycles. The molecule has 0 bridgehead atoms. The average molecular weight is 445 g/mol. The Kier molecular flexibility index (Phi) is 5.77. The van der Waals surface area contributed by atoms with E-state index in [4.69, 9.17) is 4.98 Å². The molecule has 0 unspecified atom stereocenters. The molecule has 1 fully saturated rings. The van der Waals surface area contributed by atoms with Crippen LogP contribution in [0, 0.1) is 0 Å². The van der Waals surface area contributed by atoms with Gasteiger partial charge in [0.05, 0.1) is 11.4 Å². The van der Waals surface area contributed by atoms with Crippen LogP contribution >= 0.6 is 11.8 Å². The van der Waals surface area contributed by atoms with Crippen molar-refractivity contribution >= 4 is 17.7 Å². The van der Waals surface area contributed by atoms with Gasteiger partial charge in [0, 0.05) is 25.4 Å². The first-order valence-corrected chi connectivity index (χ1v) is 11.6. The lowest BCUT2D eigenvalue weighted by atomic mass is 10.1. The van der Waals surface area contributed by atoms with Gasteiger partial charge in [-0.1, -0.05) is 60.3 Å². The maximum atomic E-state index is 12.9. The van der Waals surface area contributed by atoms with Crippen LogP contribution in [0.15, 0.2) is 78.2 Å². The molecule has 1 atom stereocenters. The van der Waals surface area contributed by atoms with Crippen LogP contribution in [0.3, 0.4) is 0 Å². The molecule has 162 valence electrons. The van der Waals surface area contributed by atoms with Gasteiger partial charge in [0.15, 0.2) is 0 Å². The monoisotopic (exact) mass is 444 g/mol. The summed E-state index contributed by atoms with van der Waals surface area (Å²) in [5.41, 5.74) is 1.99. The maximum Gasteiger partial charge on any atom is 0.231 e. The number of carbonyl (C=O) groups excluding carboxylic acids is 1. The highest BCUT2D eigenvalue weighted by Crippen LogP contribution is 2.40. The third-order valence-electron chi connectivity index (χ3n) is 5.44. The minimum atomic E-state index is -0.318. The summed E-state index contributed by atoms with van der Waals surface area (Å²) < 4.78 is 3.84. The number of imidazole rings is 1. The van der Waals surface area contributed by atoms with E-state index in [0.717, 1.165) is 35.7 Å². The summed E-state index contributed by atoms with van der Waals surface area (Å²) in [6.07, 6.45) is 5.90. The van der Waals surface area contributed by atoms with Gasteiger partial charge >= 0.3 is 0 Å². The second kappa shape index (κ2) is 9.00. The number of para-hydroxylation sites is 1. The number of carbonyl (C=O) groups is 1. The number of benzene rings is 2. The molecule has 1 aliphatic rings. The molecule has 1 aliphatic carbocycles. The number of rotatable bonds is 8. The van der Waals surface area contributed by atoms with Crippen LogP contribution in [0.1, 0.15) is 42.0 Å². The smallest absolute Gasteiger partial charge is 0.231 e. The predicted octanol–water partition coefficient (Wildman–Crippen LogP) is 3.88. The lowest BCUT2D eigenvalue weighted by Gasteiger charge is -2.19. The van der Waals surface area contributed by atoms with E-state index in [0.29, 0.717) is 11.1 Å². The molecule has 2 aromatic heterocycles. The Hall–Kier alpha value is -3.39. The van der Waals surface area contributed by atoms with Crippen molar-refractivity contribution in [3.05, 3.63) is 90.3 Å². The number of hydrogen-bond donors (Lipinski definition) is 1. The Labute approximate surface area is 190 Å². The Balaban J connectivity index is 1.31. The van der Waals surface area contributed by atoms with Crippen molar-refractivity contribution in [2.24, 2.45) is 7.05 Å². The second-order valence-electron chi connectivity index (χ2n) is 7.87. The molecular formula is C24H24N6OS. The summed E-state index contributed by atoms with van der Waals surface area (Å²) >= 11 is 1.36. The number of aryl methyl sites for hydroxylation is 1. The molecule has 1 N–H and O–H groups in total. The van der Waals surface area contributed by atoms with Gasteiger partial charge in [-0.05, 0) is 30.5 Å². The van der Waals surface area contributed by atoms with Crippen molar-refractivity contribution in [1.29, 1.82) is 0 Å². The molecule has 0 saturated heterocycles. The number of amides is 1. The second-order valence-corrected chi connectivity index (χ2v) is 8.81. The number of nitrogens with zero attached hydrogens (tertiary/aromatic N) is 5. The van der Waals surface area contributed by atoms with E-state index in [2.05, 4.69) is 15.4 Å². The SMILES string of the molecule is Cn1ccnc1[C@H](NC(=O)CSc1nc(C2CC2)n(-c2ccccc2)n1)c1ccccc1. The van der Waals surface area contributed by atoms with E-state index in [1.165, 1.54) is 11.8 Å². The van der Waals surface area contributed by atoms with Gasteiger partial charge in [-0.15, -0.1) is 5.10 Å². The predicted molar refractivity (Wildman–Crippen MR) is 124 cm³/mol. The van der Waals surface area contributed by atoms with E-state index < -0.39 is 0 Å². The number of thioether (sulfide) groups is 1. The van der Waals surface area contributed by atoms with Gasteiger partial charge in [0.2, 0.25) is 11.1 Å². The van der Waals surface area contributed by atoms with Crippen molar-refractivity contribution in [2.75, 3.05) is 5.75 Å². The van der Waals surface area contributed by atoms with Crippen LogP contribution in [0.25, 0.3) is 5.69 Å². The van der Waals surface area contributed by atoms with Gasteiger partial charge < -0.3 is 9.88 Å². The van der Waals surface area contributed by atoms with Gasteiger partial charge in [0.25, 0.3) is 0 Å². The zero-order chi connectivity index (χ0) is 21.9. The lowest BCUT2D eigenvalue weighted by Crippen LogP contribution is -2.32. The summed E-state index contributed by atoms with van der Waals surface area (Å²) in [4.78, 5) is 22.1. The Morgan fingerprint density at radius 3 is 2.50 bits per heavy atom. The fourth-order valence-electron chi connectivity index (χ4n) is 3.66. The highest BCUT2D eigenvalue weighted by Gasteiger charge is 2.30. The van der Waals surface area contributed by atoms with E-state index in [-0.39, 0.29) is 17.7 Å². The van der Waals surface area contributed by atoms with Crippen molar-refractivity contribution < 1.29 is 4.79 Å². The first kappa shape index (κ1) is 20.5. The summed E-state index contributed by atoms with van der Waals surface area (Å²) in [5.74, 6) is 2.37. The number of nitrogens with one attached hydrogen (secondary N) is 1. The third-order valence-corrected chi connectivity index (χ3v) is 6.28. The van der Waals surface area contributed by atoms with Crippen molar-refractivity contribution in [1.82, 2.24) is 29.6 Å². The van der Waals surface area contributed by atoms with E-state index in [1.54, 1.807) is 6.20 Å². The minimum Gasteiger partial charge on any atom is -0.341 e. The maximum absolute atomic E-state index is 12.9. The largest absolute Gasteiger partial charge is 0.341 e. The van der Waals surface area contributed by atoms with Gasteiger partial charge in [0.1, 0.15) is 17.7 Å². The molecule has 0 aliphatic heterocycles. The van der Waals surface area contributed by atoms with Crippen LogP contribution in [0.2, 0.25) is 0 Å². The molecule has 8 heteroatoms. The van der Waals surface area contributed by atoms with E-state index in [9.17, 15) is 4.79 Å². The van der Waals surface area contributed by atoms with Crippen LogP contribution in [-0.4, -0.2) is 36.0 Å². The normalized spacial score (nSPS) is 14.3. The van der Waals surface area contributed by atoms with E-state index in [1.807, 2.05) is 83.2 Å². The first-order valence-electron chi connectivity index (χ1n) is 10.7. The number of aromatic nitrogens is 5. The Morgan fingerprint density at radius 2 is 1.84 bits per heavy atom. The van der Waals surface area contributed by atoms with Crippen molar-refractivity contribution in [2.45, 2.75) is 30.0 Å². The molecule has 4 aromatic rings. The van der Waals surface area contributed by atoms with Crippen molar-refractivity contribution in [3.63, 3.8) is 0 Å². The Morgan fingerprint density at radius 1 is 1.12 bits per heavy atom. The molecule has 5 rings (SSSR count). The fourth-order valence-corrected chi connectivity index (χ4v) is 4.30. The molecule has 7 nitrogen and oxygen atoms in total. The Bertz CT molecular complexity index is 1200. The topological polar surface area (TPSA) is 77.6 Å². The minimum absolute atomic E-state index is 0.0871. The fraction of sp³-hybridized carbons (Fsp3) is 0.250. The van der Waals surface area contributed by atoms with Gasteiger partial charge in [-0.25, -0.2) is 14.6 Å². The highest BCUT2D eigenvalue weighted by molar-refractivity contribution is 7.99. The molecular weight excluding hydrogens is 420 g/mol. The molecule has 1 amide bonds. The van der Waals surface area contributed by atoms with Gasteiger partial charge in [-0.2, -0.15) is 0 Å². The lowest BCUT2D eigenvalue weighted by molar-refractivity contribution is -0.119. The van der Waals surface area contributed by atoms with Crippen LogP contribution in [0.5, 0.6) is 0 Å². The number of hydrogen-bond acceptors (Lipinski definition) is 5. The zero-order valence-electron chi connectivity index (χ0n) is 17.8. The molecule has 2 aromatic carbocycles. The zero-order valence-corrected chi connectivity index (χ0v) is 18.6. The quantitative estimate of drug-likeness (QED) is 0.418. The summed E-state index contributed by atoms with van der Waals surface area (Å²) in [5, 5.41) is 8.44. The van der Waals surface area contributed by atoms with Crippen molar-refractivity contribution in [3.8, 4) is 5.69 Å². The summed E-state index contributed by atoms with van der Waals surface area (Å²) in [6, 6.07) is 19.6. The van der Waals surface area contributed by atoms with Gasteiger partial charge in [-0.3, -0.25) is 4.79 Å². The highest BCUT2D eigenvalue weighted by atomic mass is 32.2. The summed E-state index contributed by atoms with van der Waals surface area (Å²) in [7, 11) is 1.93. The van der Waals surface area contributed by atoms with E-state index >= 15 is 0 Å². The van der Waals surface area contributed by atoms with Crippen LogP contribution in [0.4, 0.5) is 0 Å². The standard InChI is InChI=1S/C24H24N6OS/c1-29-15-14-25-23(29)21(17-8-4-2-5-9-17)26-20(31)16-32-24-27-22(18-12-13-18)30(28-24)19-10-6-3-7-11-19/h2-11,14-15,18,21H,12-13,16H2,1H3,(H,26,31)/t21-/m1/s1. The molecule has 0 radical (unpaired) electrons. The van der Waals surface area contributed by atoms with Crippen LogP contribution < -0.4 is 5.32 Å². The van der Waals surface area contributed by atoms with Crippen LogP contribution in [-0.2, 0) is 11.8 Å². The molecule has 0 spiro atoms. The third kappa shape index (κ3) is 4.45. The first-order chi connectivity index (χ1) is 15.7. The summed E-state index contributed by atoms with van der Waals surface area (Å²) in [6.45, 7) is 0.